The lowest BCUT2D eigenvalue weighted by Gasteiger charge is -2.26. The second kappa shape index (κ2) is 12.7. The molecule has 0 radical (unpaired) electrons. The minimum Gasteiger partial charge on any atom is -0.486 e. The molecule has 2 unspecified atom stereocenters. The Labute approximate surface area is 231 Å². The van der Waals surface area contributed by atoms with Gasteiger partial charge < -0.3 is 20.5 Å². The van der Waals surface area contributed by atoms with Gasteiger partial charge in [0, 0.05) is 6.20 Å². The monoisotopic (exact) mass is 563 g/mol. The number of nitrogens with zero attached hydrogens (tertiary/aromatic N) is 1. The zero-order valence-corrected chi connectivity index (χ0v) is 23.5. The average molecular weight is 565 g/mol. The Balaban J connectivity index is 1.72. The summed E-state index contributed by atoms with van der Waals surface area (Å²) in [4.78, 5) is 30.6. The third-order valence-corrected chi connectivity index (χ3v) is 7.13. The molecule has 3 rings (SSSR count). The molecule has 0 saturated heterocycles. The lowest BCUT2D eigenvalue weighted by atomic mass is 9.88. The fourth-order valence-corrected chi connectivity index (χ4v) is 4.89. The van der Waals surface area contributed by atoms with Crippen molar-refractivity contribution in [1.82, 2.24) is 10.3 Å². The highest BCUT2D eigenvalue weighted by molar-refractivity contribution is 7.19. The molecule has 0 aliphatic rings. The fraction of sp³-hybridized carbons (Fsp3) is 0.370. The maximum Gasteiger partial charge on any atom is 0.250 e. The van der Waals surface area contributed by atoms with Crippen molar-refractivity contribution >= 4 is 51.5 Å². The van der Waals surface area contributed by atoms with E-state index in [9.17, 15) is 14.7 Å². The minimum atomic E-state index is -1.23. The first kappa shape index (κ1) is 28.9. The summed E-state index contributed by atoms with van der Waals surface area (Å²) >= 11 is 13.8. The van der Waals surface area contributed by atoms with E-state index in [-0.39, 0.29) is 12.5 Å². The molecule has 7 nitrogen and oxygen atoms in total. The van der Waals surface area contributed by atoms with Crippen molar-refractivity contribution < 1.29 is 19.4 Å². The first-order chi connectivity index (χ1) is 17.5. The maximum absolute atomic E-state index is 13.0. The summed E-state index contributed by atoms with van der Waals surface area (Å²) in [6.07, 6.45) is 1.55. The number of rotatable bonds is 10. The number of anilines is 1. The number of carbonyl (C=O) groups is 2. The summed E-state index contributed by atoms with van der Waals surface area (Å²) in [7, 11) is 0. The van der Waals surface area contributed by atoms with Crippen molar-refractivity contribution in [1.29, 1.82) is 0 Å². The van der Waals surface area contributed by atoms with Crippen molar-refractivity contribution in [3.05, 3.63) is 64.3 Å². The van der Waals surface area contributed by atoms with Crippen LogP contribution in [0.15, 0.2) is 48.7 Å². The van der Waals surface area contributed by atoms with Crippen LogP contribution in [-0.2, 0) is 16.2 Å². The highest BCUT2D eigenvalue weighted by Gasteiger charge is 2.32. The number of amides is 2. The standard InChI is InChI=1S/C27H31Cl2N3O4S/c1-5-9-20(31-25(35)23(33)27(2,3)4)24(34)32-26-30-14-21(37-26)17-11-7-6-10-16(17)15-36-22-18(28)12-8-13-19(22)29/h6-8,10-14,20,23,33H,5,9,15H2,1-4H3,(H,31,35)(H,30,32,34). The third kappa shape index (κ3) is 7.68. The number of benzene rings is 2. The number of thiazole rings is 1. The Bertz CT molecular complexity index is 1220. The van der Waals surface area contributed by atoms with Gasteiger partial charge in [0.1, 0.15) is 18.8 Å². The Morgan fingerprint density at radius 2 is 1.76 bits per heavy atom. The highest BCUT2D eigenvalue weighted by atomic mass is 35.5. The van der Waals surface area contributed by atoms with Crippen LogP contribution >= 0.6 is 34.5 Å². The summed E-state index contributed by atoms with van der Waals surface area (Å²) in [6.45, 7) is 7.43. The third-order valence-electron chi connectivity index (χ3n) is 5.59. The van der Waals surface area contributed by atoms with Gasteiger partial charge in [-0.2, -0.15) is 0 Å². The molecule has 3 N–H and O–H groups in total. The lowest BCUT2D eigenvalue weighted by Crippen LogP contribution is -2.50. The van der Waals surface area contributed by atoms with Gasteiger partial charge in [-0.1, -0.05) is 99.0 Å². The number of para-hydroxylation sites is 1. The molecule has 1 heterocycles. The van der Waals surface area contributed by atoms with Gasteiger partial charge in [-0.3, -0.25) is 9.59 Å². The predicted octanol–water partition coefficient (Wildman–Crippen LogP) is 6.33. The second-order valence-corrected chi connectivity index (χ2v) is 11.5. The first-order valence-corrected chi connectivity index (χ1v) is 13.5. The number of halogens is 2. The minimum absolute atomic E-state index is 0.236. The highest BCUT2D eigenvalue weighted by Crippen LogP contribution is 2.35. The number of hydrogen-bond acceptors (Lipinski definition) is 6. The zero-order valence-electron chi connectivity index (χ0n) is 21.2. The van der Waals surface area contributed by atoms with Crippen LogP contribution in [0.5, 0.6) is 5.75 Å². The molecule has 1 aromatic heterocycles. The lowest BCUT2D eigenvalue weighted by molar-refractivity contribution is -0.137. The molecule has 0 aliphatic heterocycles. The largest absolute Gasteiger partial charge is 0.486 e. The van der Waals surface area contributed by atoms with Crippen LogP contribution in [0.2, 0.25) is 10.0 Å². The summed E-state index contributed by atoms with van der Waals surface area (Å²) in [5.41, 5.74) is 1.15. The van der Waals surface area contributed by atoms with Gasteiger partial charge >= 0.3 is 0 Å². The Kier molecular flexibility index (Phi) is 9.95. The SMILES string of the molecule is CCCC(NC(=O)C(O)C(C)(C)C)C(=O)Nc1ncc(-c2ccccc2COc2c(Cl)cccc2Cl)s1. The molecule has 2 aromatic carbocycles. The number of aliphatic hydroxyl groups is 1. The molecular weight excluding hydrogens is 533 g/mol. The van der Waals surface area contributed by atoms with Gasteiger partial charge in [-0.05, 0) is 35.1 Å². The van der Waals surface area contributed by atoms with Crippen LogP contribution in [-0.4, -0.2) is 34.1 Å². The van der Waals surface area contributed by atoms with Crippen LogP contribution < -0.4 is 15.4 Å². The summed E-state index contributed by atoms with van der Waals surface area (Å²) < 4.78 is 5.92. The molecule has 0 aliphatic carbocycles. The summed E-state index contributed by atoms with van der Waals surface area (Å²) in [5, 5.41) is 17.0. The molecule has 0 bridgehead atoms. The Morgan fingerprint density at radius 3 is 2.41 bits per heavy atom. The van der Waals surface area contributed by atoms with Crippen LogP contribution in [0.25, 0.3) is 10.4 Å². The van der Waals surface area contributed by atoms with Gasteiger partial charge in [0.15, 0.2) is 10.9 Å². The van der Waals surface area contributed by atoms with E-state index in [2.05, 4.69) is 15.6 Å². The van der Waals surface area contributed by atoms with E-state index in [0.717, 1.165) is 16.0 Å². The average Bonchev–Trinajstić information content (AvgIpc) is 3.30. The molecule has 0 spiro atoms. The normalized spacial score (nSPS) is 13.1. The molecule has 2 amide bonds. The Morgan fingerprint density at radius 1 is 1.08 bits per heavy atom. The van der Waals surface area contributed by atoms with Crippen LogP contribution in [0.1, 0.15) is 46.1 Å². The predicted molar refractivity (Wildman–Crippen MR) is 149 cm³/mol. The maximum atomic E-state index is 13.0. The molecule has 2 atom stereocenters. The van der Waals surface area contributed by atoms with E-state index in [1.807, 2.05) is 31.2 Å². The van der Waals surface area contributed by atoms with E-state index >= 15 is 0 Å². The molecule has 37 heavy (non-hydrogen) atoms. The smallest absolute Gasteiger partial charge is 0.250 e. The summed E-state index contributed by atoms with van der Waals surface area (Å²) in [6, 6.07) is 12.1. The van der Waals surface area contributed by atoms with Crippen LogP contribution in [0.4, 0.5) is 5.13 Å². The van der Waals surface area contributed by atoms with Crippen molar-refractivity contribution in [2.24, 2.45) is 5.41 Å². The molecule has 198 valence electrons. The number of carbonyl (C=O) groups excluding carboxylic acids is 2. The molecule has 10 heteroatoms. The van der Waals surface area contributed by atoms with Crippen molar-refractivity contribution in [3.63, 3.8) is 0 Å². The second-order valence-electron chi connectivity index (χ2n) is 9.63. The topological polar surface area (TPSA) is 101 Å². The molecule has 0 fully saturated rings. The van der Waals surface area contributed by atoms with Crippen LogP contribution in [0, 0.1) is 5.41 Å². The molecular formula is C27H31Cl2N3O4S. The number of hydrogen-bond donors (Lipinski definition) is 3. The number of nitrogens with one attached hydrogen (secondary N) is 2. The van der Waals surface area contributed by atoms with Gasteiger partial charge in [0.2, 0.25) is 11.8 Å². The Hall–Kier alpha value is -2.65. The number of aromatic nitrogens is 1. The first-order valence-electron chi connectivity index (χ1n) is 11.9. The molecule has 0 saturated carbocycles. The summed E-state index contributed by atoms with van der Waals surface area (Å²) in [5.74, 6) is -0.547. The van der Waals surface area contributed by atoms with E-state index in [1.54, 1.807) is 45.2 Å². The van der Waals surface area contributed by atoms with Crippen LogP contribution in [0.3, 0.4) is 0 Å². The number of ether oxygens (including phenoxy) is 1. The van der Waals surface area contributed by atoms with E-state index in [4.69, 9.17) is 27.9 Å². The van der Waals surface area contributed by atoms with Gasteiger partial charge in [-0.25, -0.2) is 4.98 Å². The van der Waals surface area contributed by atoms with E-state index < -0.39 is 23.5 Å². The van der Waals surface area contributed by atoms with Gasteiger partial charge in [0.05, 0.1) is 14.9 Å². The van der Waals surface area contributed by atoms with Crippen molar-refractivity contribution in [2.45, 2.75) is 59.3 Å². The van der Waals surface area contributed by atoms with Crippen molar-refractivity contribution in [3.8, 4) is 16.2 Å². The van der Waals surface area contributed by atoms with E-state index in [0.29, 0.717) is 33.8 Å². The van der Waals surface area contributed by atoms with Crippen molar-refractivity contribution in [2.75, 3.05) is 5.32 Å². The fourth-order valence-electron chi connectivity index (χ4n) is 3.51. The van der Waals surface area contributed by atoms with Gasteiger partial charge in [0.25, 0.3) is 0 Å². The molecule has 3 aromatic rings. The number of aliphatic hydroxyl groups excluding tert-OH is 1. The zero-order chi connectivity index (χ0) is 27.2. The van der Waals surface area contributed by atoms with E-state index in [1.165, 1.54) is 11.3 Å². The van der Waals surface area contributed by atoms with Gasteiger partial charge in [-0.15, -0.1) is 0 Å². The quantitative estimate of drug-likeness (QED) is 0.267.